The predicted octanol–water partition coefficient (Wildman–Crippen LogP) is 3.03. The molecule has 7 heteroatoms. The van der Waals surface area contributed by atoms with E-state index >= 15 is 0 Å². The van der Waals surface area contributed by atoms with Crippen molar-refractivity contribution in [3.8, 4) is 0 Å². The lowest BCUT2D eigenvalue weighted by Crippen LogP contribution is -2.46. The van der Waals surface area contributed by atoms with Crippen LogP contribution in [0.4, 0.5) is 8.78 Å². The minimum Gasteiger partial charge on any atom is -0.632 e. The number of hydrogen-bond donors (Lipinski definition) is 1. The molecule has 0 amide bonds. The van der Waals surface area contributed by atoms with Gasteiger partial charge in [0, 0.05) is 11.6 Å². The molecule has 144 valence electrons. The van der Waals surface area contributed by atoms with Gasteiger partial charge in [-0.2, -0.15) is 0 Å². The van der Waals surface area contributed by atoms with Crippen LogP contribution >= 0.6 is 0 Å². The Morgan fingerprint density at radius 3 is 2.48 bits per heavy atom. The Morgan fingerprint density at radius 2 is 1.81 bits per heavy atom. The molecule has 2 aromatic carbocycles. The van der Waals surface area contributed by atoms with Gasteiger partial charge in [0.2, 0.25) is 0 Å². The number of aliphatic hydroxyl groups excluding tert-OH is 1. The maximum absolute atomic E-state index is 13.8. The number of hydrogen-bond acceptors (Lipinski definition) is 4. The molecule has 0 saturated carbocycles. The predicted molar refractivity (Wildman–Crippen MR) is 96.9 cm³/mol. The van der Waals surface area contributed by atoms with E-state index in [1.165, 1.54) is 54.6 Å². The summed E-state index contributed by atoms with van der Waals surface area (Å²) in [6, 6.07) is 11.5. The van der Waals surface area contributed by atoms with Gasteiger partial charge in [0.1, 0.15) is 37.9 Å². The number of aliphatic hydroxyl groups is 1. The lowest BCUT2D eigenvalue weighted by Gasteiger charge is -2.42. The maximum Gasteiger partial charge on any atom is 0.330 e. The van der Waals surface area contributed by atoms with Gasteiger partial charge >= 0.3 is 5.97 Å². The van der Waals surface area contributed by atoms with E-state index in [1.54, 1.807) is 6.07 Å². The zero-order chi connectivity index (χ0) is 19.7. The molecule has 0 aliphatic heterocycles. The van der Waals surface area contributed by atoms with E-state index in [2.05, 4.69) is 0 Å². The number of quaternary nitrogens is 1. The second kappa shape index (κ2) is 9.91. The van der Waals surface area contributed by atoms with E-state index in [-0.39, 0.29) is 44.2 Å². The number of rotatable bonds is 9. The van der Waals surface area contributed by atoms with Gasteiger partial charge < -0.3 is 19.7 Å². The summed E-state index contributed by atoms with van der Waals surface area (Å²) in [5, 5.41) is 21.9. The largest absolute Gasteiger partial charge is 0.632 e. The normalized spacial score (nSPS) is 13.5. The molecule has 2 rings (SSSR count). The number of halogens is 2. The monoisotopic (exact) mass is 377 g/mol. The van der Waals surface area contributed by atoms with Crippen LogP contribution in [0.25, 0.3) is 6.08 Å². The second-order valence-electron chi connectivity index (χ2n) is 6.03. The van der Waals surface area contributed by atoms with Crippen LogP contribution in [0.5, 0.6) is 0 Å². The summed E-state index contributed by atoms with van der Waals surface area (Å²) < 4.78 is 30.7. The van der Waals surface area contributed by atoms with E-state index < -0.39 is 16.4 Å². The Morgan fingerprint density at radius 1 is 1.11 bits per heavy atom. The minimum absolute atomic E-state index is 0.120. The van der Waals surface area contributed by atoms with Crippen LogP contribution < -0.4 is 0 Å². The quantitative estimate of drug-likeness (QED) is 0.316. The molecule has 0 unspecified atom stereocenters. The third-order valence-electron chi connectivity index (χ3n) is 3.95. The third kappa shape index (κ3) is 6.90. The summed E-state index contributed by atoms with van der Waals surface area (Å²) in [6.45, 7) is -0.973. The summed E-state index contributed by atoms with van der Waals surface area (Å²) >= 11 is 0. The fraction of sp³-hybridized carbons (Fsp3) is 0.250. The molecule has 0 fully saturated rings. The summed E-state index contributed by atoms with van der Waals surface area (Å²) in [4.78, 5) is 11.7. The van der Waals surface area contributed by atoms with Gasteiger partial charge in [0.15, 0.2) is 0 Å². The van der Waals surface area contributed by atoms with Gasteiger partial charge in [-0.25, -0.2) is 13.6 Å². The SMILES string of the molecule is O=C(/C=C/c1ccc(F)cc1)OCC[N@@+]([O-])(CCO)Cc1ccccc1F. The number of benzene rings is 2. The molecule has 0 aliphatic carbocycles. The Bertz CT molecular complexity index is 780. The van der Waals surface area contributed by atoms with E-state index in [0.717, 1.165) is 0 Å². The lowest BCUT2D eigenvalue weighted by atomic mass is 10.2. The molecule has 27 heavy (non-hydrogen) atoms. The Kier molecular flexibility index (Phi) is 7.60. The van der Waals surface area contributed by atoms with Crippen molar-refractivity contribution in [1.82, 2.24) is 0 Å². The molecule has 0 bridgehead atoms. The fourth-order valence-corrected chi connectivity index (χ4v) is 2.49. The van der Waals surface area contributed by atoms with E-state index in [9.17, 15) is 18.8 Å². The molecule has 0 aliphatic rings. The minimum atomic E-state index is -0.910. The maximum atomic E-state index is 13.8. The van der Waals surface area contributed by atoms with Crippen molar-refractivity contribution >= 4 is 12.0 Å². The molecule has 0 aromatic heterocycles. The van der Waals surface area contributed by atoms with Crippen LogP contribution in [0.1, 0.15) is 11.1 Å². The van der Waals surface area contributed by atoms with Crippen LogP contribution in [0.3, 0.4) is 0 Å². The van der Waals surface area contributed by atoms with Crippen molar-refractivity contribution in [1.29, 1.82) is 0 Å². The molecule has 1 atom stereocenters. The topological polar surface area (TPSA) is 69.6 Å². The fourth-order valence-electron chi connectivity index (χ4n) is 2.49. The number of ether oxygens (including phenoxy) is 1. The Labute approximate surface area is 156 Å². The highest BCUT2D eigenvalue weighted by atomic mass is 19.1. The lowest BCUT2D eigenvalue weighted by molar-refractivity contribution is -0.894. The summed E-state index contributed by atoms with van der Waals surface area (Å²) in [5.74, 6) is -1.52. The molecule has 5 nitrogen and oxygen atoms in total. The van der Waals surface area contributed by atoms with Crippen LogP contribution in [-0.4, -0.2) is 42.0 Å². The summed E-state index contributed by atoms with van der Waals surface area (Å²) in [6.07, 6.45) is 2.64. The molecule has 2 aromatic rings. The average Bonchev–Trinajstić information content (AvgIpc) is 2.63. The van der Waals surface area contributed by atoms with Crippen molar-refractivity contribution in [2.75, 3.05) is 26.3 Å². The average molecular weight is 377 g/mol. The third-order valence-corrected chi connectivity index (χ3v) is 3.95. The van der Waals surface area contributed by atoms with Crippen molar-refractivity contribution in [3.63, 3.8) is 0 Å². The molecule has 0 saturated heterocycles. The number of hydroxylamine groups is 3. The van der Waals surface area contributed by atoms with Crippen LogP contribution in [0.2, 0.25) is 0 Å². The highest BCUT2D eigenvalue weighted by molar-refractivity contribution is 5.87. The van der Waals surface area contributed by atoms with Gasteiger partial charge in [-0.1, -0.05) is 30.3 Å². The van der Waals surface area contributed by atoms with Crippen LogP contribution in [0, 0.1) is 16.8 Å². The van der Waals surface area contributed by atoms with Crippen molar-refractivity contribution in [3.05, 3.63) is 82.6 Å². The summed E-state index contributed by atoms with van der Waals surface area (Å²) in [7, 11) is 0. The zero-order valence-corrected chi connectivity index (χ0v) is 14.7. The Hall–Kier alpha value is -2.61. The number of carbonyl (C=O) groups is 1. The molecular formula is C20H21F2NO4. The highest BCUT2D eigenvalue weighted by Crippen LogP contribution is 2.16. The smallest absolute Gasteiger partial charge is 0.330 e. The molecule has 1 N–H and O–H groups in total. The molecule has 0 radical (unpaired) electrons. The van der Waals surface area contributed by atoms with E-state index in [4.69, 9.17) is 9.84 Å². The molecule has 0 spiro atoms. The van der Waals surface area contributed by atoms with Crippen LogP contribution in [-0.2, 0) is 16.1 Å². The van der Waals surface area contributed by atoms with E-state index in [1.807, 2.05) is 0 Å². The highest BCUT2D eigenvalue weighted by Gasteiger charge is 2.19. The second-order valence-corrected chi connectivity index (χ2v) is 6.03. The Balaban J connectivity index is 1.88. The van der Waals surface area contributed by atoms with E-state index in [0.29, 0.717) is 5.56 Å². The first-order valence-electron chi connectivity index (χ1n) is 8.44. The number of nitrogens with zero attached hydrogens (tertiary/aromatic N) is 1. The van der Waals surface area contributed by atoms with Gasteiger partial charge in [0.25, 0.3) is 0 Å². The van der Waals surface area contributed by atoms with Gasteiger partial charge in [-0.05, 0) is 29.8 Å². The van der Waals surface area contributed by atoms with Crippen molar-refractivity contribution in [2.45, 2.75) is 6.54 Å². The van der Waals surface area contributed by atoms with Crippen LogP contribution in [0.15, 0.2) is 54.6 Å². The first-order valence-corrected chi connectivity index (χ1v) is 8.44. The molecular weight excluding hydrogens is 356 g/mol. The van der Waals surface area contributed by atoms with Gasteiger partial charge in [-0.3, -0.25) is 0 Å². The first kappa shape index (κ1) is 20.7. The number of carbonyl (C=O) groups excluding carboxylic acids is 1. The molecule has 0 heterocycles. The van der Waals surface area contributed by atoms with Gasteiger partial charge in [0.05, 0.1) is 6.61 Å². The summed E-state index contributed by atoms with van der Waals surface area (Å²) in [5.41, 5.74) is 0.866. The zero-order valence-electron chi connectivity index (χ0n) is 14.7. The standard InChI is InChI=1S/C20H21F2NO4/c21-18-8-5-16(6-9-18)7-10-20(25)27-14-12-23(26,11-13-24)15-17-3-1-2-4-19(17)22/h1-10,24H,11-15H2/b10-7+/t23-/m0/s1. The van der Waals surface area contributed by atoms with Crippen molar-refractivity contribution in [2.24, 2.45) is 0 Å². The number of esters is 1. The van der Waals surface area contributed by atoms with Crippen molar-refractivity contribution < 1.29 is 28.1 Å². The first-order chi connectivity index (χ1) is 12.9. The van der Waals surface area contributed by atoms with Gasteiger partial charge in [-0.15, -0.1) is 0 Å².